The van der Waals surface area contributed by atoms with E-state index in [1.165, 1.54) is 0 Å². The standard InChI is InChI=1S/C64H40N2O3/c1-3-16-44(17-4-1)65(45-18-5-2-6-19-45)55-27-14-30-59-61(55)54-26-11-15-43-35-40-56(64(69-59)60(43)54)66(46-36-31-41(32-37-46)48-22-12-24-52-50-20-7-9-28-57(50)67-62(48)52)47-38-33-42(34-39-47)49-23-13-25-53-51-21-8-10-29-58(51)68-63(49)53/h1-40H. The molecule has 324 valence electrons. The molecule has 0 N–H and O–H groups in total. The van der Waals surface area contributed by atoms with Crippen LogP contribution in [0.1, 0.15) is 0 Å². The Morgan fingerprint density at radius 2 is 0.768 bits per heavy atom. The van der Waals surface area contributed by atoms with Gasteiger partial charge in [-0.05, 0) is 101 Å². The smallest absolute Gasteiger partial charge is 0.159 e. The van der Waals surface area contributed by atoms with Crippen LogP contribution in [0.3, 0.4) is 0 Å². The lowest BCUT2D eigenvalue weighted by molar-refractivity contribution is 0.488. The summed E-state index contributed by atoms with van der Waals surface area (Å²) < 4.78 is 20.3. The van der Waals surface area contributed by atoms with Gasteiger partial charge in [-0.15, -0.1) is 0 Å². The van der Waals surface area contributed by atoms with Gasteiger partial charge >= 0.3 is 0 Å². The van der Waals surface area contributed by atoms with Gasteiger partial charge in [-0.25, -0.2) is 0 Å². The highest BCUT2D eigenvalue weighted by atomic mass is 16.5. The SMILES string of the molecule is c1ccc(N(c2ccccc2)c2cccc3c2-c2cccc4ccc(N(c5ccc(-c6cccc7c6oc6ccccc67)cc5)c5ccc(-c6cccc7c6oc6ccccc67)cc5)c(c24)O3)cc1. The first-order valence-electron chi connectivity index (χ1n) is 23.3. The molecule has 0 aliphatic carbocycles. The summed E-state index contributed by atoms with van der Waals surface area (Å²) in [5, 5.41) is 6.60. The Kier molecular flexibility index (Phi) is 8.83. The lowest BCUT2D eigenvalue weighted by atomic mass is 9.92. The normalized spacial score (nSPS) is 11.9. The van der Waals surface area contributed by atoms with E-state index in [2.05, 4.69) is 228 Å². The molecule has 0 unspecified atom stereocenters. The highest BCUT2D eigenvalue weighted by molar-refractivity contribution is 6.13. The van der Waals surface area contributed by atoms with E-state index < -0.39 is 0 Å². The summed E-state index contributed by atoms with van der Waals surface area (Å²) in [4.78, 5) is 4.64. The highest BCUT2D eigenvalue weighted by Gasteiger charge is 2.30. The zero-order valence-electron chi connectivity index (χ0n) is 37.2. The molecule has 5 heteroatoms. The summed E-state index contributed by atoms with van der Waals surface area (Å²) in [6.45, 7) is 0. The third-order valence-electron chi connectivity index (χ3n) is 13.7. The lowest BCUT2D eigenvalue weighted by Gasteiger charge is -2.33. The third kappa shape index (κ3) is 6.25. The molecule has 69 heavy (non-hydrogen) atoms. The molecule has 1 aliphatic rings. The lowest BCUT2D eigenvalue weighted by Crippen LogP contribution is -2.14. The zero-order chi connectivity index (χ0) is 45.4. The van der Waals surface area contributed by atoms with Crippen molar-refractivity contribution in [2.45, 2.75) is 0 Å². The molecule has 0 bridgehead atoms. The number of nitrogens with zero attached hydrogens (tertiary/aromatic N) is 2. The van der Waals surface area contributed by atoms with Crippen molar-refractivity contribution in [3.63, 3.8) is 0 Å². The molecule has 3 heterocycles. The molecule has 0 atom stereocenters. The van der Waals surface area contributed by atoms with E-state index in [-0.39, 0.29) is 0 Å². The van der Waals surface area contributed by atoms with E-state index >= 15 is 0 Å². The predicted octanol–water partition coefficient (Wildman–Crippen LogP) is 18.7. The summed E-state index contributed by atoms with van der Waals surface area (Å²) in [6.07, 6.45) is 0. The third-order valence-corrected chi connectivity index (χ3v) is 13.7. The van der Waals surface area contributed by atoms with Crippen molar-refractivity contribution in [3.8, 4) is 44.9 Å². The monoisotopic (exact) mass is 884 g/mol. The maximum Gasteiger partial charge on any atom is 0.159 e. The maximum absolute atomic E-state index is 7.31. The van der Waals surface area contributed by atoms with E-state index in [1.807, 2.05) is 24.3 Å². The highest BCUT2D eigenvalue weighted by Crippen LogP contribution is 2.56. The summed E-state index contributed by atoms with van der Waals surface area (Å²) in [7, 11) is 0. The average Bonchev–Trinajstić information content (AvgIpc) is 4.00. The fourth-order valence-corrected chi connectivity index (χ4v) is 10.5. The summed E-state index contributed by atoms with van der Waals surface area (Å²) in [5.41, 5.74) is 16.0. The van der Waals surface area contributed by atoms with E-state index in [0.29, 0.717) is 0 Å². The van der Waals surface area contributed by atoms with Crippen LogP contribution in [0, 0.1) is 0 Å². The minimum atomic E-state index is 0.792. The molecule has 11 aromatic carbocycles. The van der Waals surface area contributed by atoms with Gasteiger partial charge in [0.15, 0.2) is 5.75 Å². The number of fused-ring (bicyclic) bond motifs is 8. The molecule has 0 fully saturated rings. The van der Waals surface area contributed by atoms with Crippen molar-refractivity contribution < 1.29 is 13.6 Å². The van der Waals surface area contributed by atoms with Gasteiger partial charge in [-0.2, -0.15) is 0 Å². The number of para-hydroxylation sites is 6. The van der Waals surface area contributed by atoms with Gasteiger partial charge in [0.1, 0.15) is 28.1 Å². The number of benzene rings is 11. The first-order valence-corrected chi connectivity index (χ1v) is 23.3. The van der Waals surface area contributed by atoms with Gasteiger partial charge in [0.05, 0.1) is 11.4 Å². The van der Waals surface area contributed by atoms with Crippen LogP contribution < -0.4 is 14.5 Å². The minimum Gasteiger partial charge on any atom is -0.455 e. The number of rotatable bonds is 8. The van der Waals surface area contributed by atoms with Gasteiger partial charge in [-0.1, -0.05) is 164 Å². The Hall–Kier alpha value is -9.32. The summed E-state index contributed by atoms with van der Waals surface area (Å²) >= 11 is 0. The Labute approximate surface area is 397 Å². The Morgan fingerprint density at radius 1 is 0.304 bits per heavy atom. The molecule has 0 amide bonds. The molecule has 2 aromatic heterocycles. The number of furan rings is 2. The molecule has 1 aliphatic heterocycles. The van der Waals surface area contributed by atoms with Crippen LogP contribution in [0.2, 0.25) is 0 Å². The number of anilines is 6. The van der Waals surface area contributed by atoms with Gasteiger partial charge in [0.2, 0.25) is 0 Å². The largest absolute Gasteiger partial charge is 0.455 e. The van der Waals surface area contributed by atoms with Crippen LogP contribution in [0.15, 0.2) is 251 Å². The molecule has 0 saturated carbocycles. The van der Waals surface area contributed by atoms with Crippen LogP contribution in [-0.2, 0) is 0 Å². The molecule has 5 nitrogen and oxygen atoms in total. The van der Waals surface area contributed by atoms with Crippen molar-refractivity contribution in [1.82, 2.24) is 0 Å². The molecule has 14 rings (SSSR count). The molecular weight excluding hydrogens is 845 g/mol. The zero-order valence-corrected chi connectivity index (χ0v) is 37.2. The van der Waals surface area contributed by atoms with E-state index in [9.17, 15) is 0 Å². The Morgan fingerprint density at radius 3 is 1.35 bits per heavy atom. The van der Waals surface area contributed by atoms with Crippen molar-refractivity contribution >= 4 is 88.8 Å². The van der Waals surface area contributed by atoms with Gasteiger partial charge in [0.25, 0.3) is 0 Å². The fourth-order valence-electron chi connectivity index (χ4n) is 10.5. The quantitative estimate of drug-likeness (QED) is 0.152. The topological polar surface area (TPSA) is 42.0 Å². The number of hydrogen-bond acceptors (Lipinski definition) is 5. The van der Waals surface area contributed by atoms with Crippen LogP contribution in [0.4, 0.5) is 34.1 Å². The van der Waals surface area contributed by atoms with Crippen LogP contribution in [0.25, 0.3) is 88.0 Å². The maximum atomic E-state index is 7.31. The van der Waals surface area contributed by atoms with E-state index in [4.69, 9.17) is 13.6 Å². The molecular formula is C64H40N2O3. The predicted molar refractivity (Wildman–Crippen MR) is 284 cm³/mol. The van der Waals surface area contributed by atoms with E-state index in [1.54, 1.807) is 0 Å². The van der Waals surface area contributed by atoms with E-state index in [0.717, 1.165) is 134 Å². The summed E-state index contributed by atoms with van der Waals surface area (Å²) in [6, 6.07) is 85.4. The first-order chi connectivity index (χ1) is 34.2. The number of ether oxygens (including phenoxy) is 1. The van der Waals surface area contributed by atoms with Crippen LogP contribution in [0.5, 0.6) is 11.5 Å². The average molecular weight is 885 g/mol. The second-order valence-corrected chi connectivity index (χ2v) is 17.6. The van der Waals surface area contributed by atoms with Crippen LogP contribution >= 0.6 is 0 Å². The molecule has 0 radical (unpaired) electrons. The van der Waals surface area contributed by atoms with Crippen molar-refractivity contribution in [2.24, 2.45) is 0 Å². The molecule has 13 aromatic rings. The Bertz CT molecular complexity index is 3900. The van der Waals surface area contributed by atoms with Crippen molar-refractivity contribution in [1.29, 1.82) is 0 Å². The minimum absolute atomic E-state index is 0.792. The molecule has 0 saturated heterocycles. The first kappa shape index (κ1) is 38.9. The van der Waals surface area contributed by atoms with Gasteiger partial charge < -0.3 is 23.4 Å². The second-order valence-electron chi connectivity index (χ2n) is 17.6. The fraction of sp³-hybridized carbons (Fsp3) is 0. The molecule has 0 spiro atoms. The Balaban J connectivity index is 0.943. The van der Waals surface area contributed by atoms with Crippen molar-refractivity contribution in [3.05, 3.63) is 243 Å². The second kappa shape index (κ2) is 15.7. The van der Waals surface area contributed by atoms with Gasteiger partial charge in [-0.3, -0.25) is 0 Å². The van der Waals surface area contributed by atoms with Crippen LogP contribution in [-0.4, -0.2) is 0 Å². The van der Waals surface area contributed by atoms with Crippen molar-refractivity contribution in [2.75, 3.05) is 9.80 Å². The number of hydrogen-bond donors (Lipinski definition) is 0. The van der Waals surface area contributed by atoms with Gasteiger partial charge in [0, 0.05) is 66.4 Å². The summed E-state index contributed by atoms with van der Waals surface area (Å²) in [5.74, 6) is 1.59.